The summed E-state index contributed by atoms with van der Waals surface area (Å²) in [6.45, 7) is 3.21. The first-order valence-corrected chi connectivity index (χ1v) is 5.60. The van der Waals surface area contributed by atoms with E-state index in [0.29, 0.717) is 4.48 Å². The van der Waals surface area contributed by atoms with Crippen molar-refractivity contribution in [3.63, 3.8) is 0 Å². The van der Waals surface area contributed by atoms with E-state index >= 15 is 0 Å². The van der Waals surface area contributed by atoms with Crippen LogP contribution in [0.1, 0.15) is 0 Å². The van der Waals surface area contributed by atoms with Gasteiger partial charge in [-0.25, -0.2) is 0 Å². The second kappa shape index (κ2) is 6.44. The second-order valence-electron chi connectivity index (χ2n) is 4.23. The van der Waals surface area contributed by atoms with Crippen LogP contribution in [-0.2, 0) is 14.3 Å². The topological polar surface area (TPSA) is 55.7 Å². The highest BCUT2D eigenvalue weighted by atomic mass is 35.5. The molecule has 0 bridgehead atoms. The molecule has 0 spiro atoms. The Kier molecular flexibility index (Phi) is 5.48. The molecule has 0 aromatic carbocycles. The lowest BCUT2D eigenvalue weighted by atomic mass is 10.3. The molecule has 104 valence electrons. The molecule has 2 heterocycles. The van der Waals surface area contributed by atoms with Gasteiger partial charge in [0.15, 0.2) is 0 Å². The number of hydrogen-bond acceptors (Lipinski definition) is 6. The summed E-state index contributed by atoms with van der Waals surface area (Å²) in [6.07, 6.45) is 1.14. The Morgan fingerprint density at radius 3 is 2.61 bits per heavy atom. The van der Waals surface area contributed by atoms with Gasteiger partial charge in [-0.05, 0) is 0 Å². The molecule has 18 heavy (non-hydrogen) atoms. The van der Waals surface area contributed by atoms with Gasteiger partial charge in [0.2, 0.25) is 0 Å². The predicted molar refractivity (Wildman–Crippen MR) is 62.3 cm³/mol. The van der Waals surface area contributed by atoms with Crippen LogP contribution in [0.25, 0.3) is 0 Å². The van der Waals surface area contributed by atoms with E-state index < -0.39 is 6.35 Å². The van der Waals surface area contributed by atoms with Crippen molar-refractivity contribution in [2.75, 3.05) is 47.6 Å². The van der Waals surface area contributed by atoms with Crippen LogP contribution >= 0.6 is 0 Å². The number of halogens is 1. The highest BCUT2D eigenvalue weighted by Gasteiger charge is 2.35. The number of methoxy groups -OCH3 is 1. The van der Waals surface area contributed by atoms with Gasteiger partial charge in [0, 0.05) is 7.11 Å². The fourth-order valence-electron chi connectivity index (χ4n) is 1.87. The number of hydrogen-bond donors (Lipinski definition) is 0. The van der Waals surface area contributed by atoms with Crippen molar-refractivity contribution in [2.24, 2.45) is 9.98 Å². The van der Waals surface area contributed by atoms with E-state index in [1.807, 2.05) is 0 Å². The number of ether oxygens (including phenoxy) is 2. The fourth-order valence-corrected chi connectivity index (χ4v) is 1.87. The molecule has 2 aliphatic rings. The van der Waals surface area contributed by atoms with Crippen LogP contribution in [0.15, 0.2) is 9.98 Å². The van der Waals surface area contributed by atoms with Gasteiger partial charge in [-0.15, -0.1) is 0 Å². The molecule has 1 fully saturated rings. The highest BCUT2D eigenvalue weighted by molar-refractivity contribution is 5.83. The molecule has 2 aliphatic heterocycles. The molecular weight excluding hydrogens is 260 g/mol. The number of rotatable bonds is 2. The van der Waals surface area contributed by atoms with E-state index in [2.05, 4.69) is 17.0 Å². The van der Waals surface area contributed by atoms with Gasteiger partial charge < -0.3 is 21.9 Å². The van der Waals surface area contributed by atoms with Gasteiger partial charge in [0.25, 0.3) is 6.35 Å². The van der Waals surface area contributed by atoms with Gasteiger partial charge in [0.05, 0.1) is 27.4 Å². The maximum atomic E-state index is 5.36. The third kappa shape index (κ3) is 2.99. The van der Waals surface area contributed by atoms with E-state index in [0.717, 1.165) is 32.3 Å². The SMILES string of the molecule is COC1N=C([N+]2(C)CCOCC2)N=CN1OC.[Cl-]. The summed E-state index contributed by atoms with van der Waals surface area (Å²) in [5.41, 5.74) is 0. The minimum absolute atomic E-state index is 0. The lowest BCUT2D eigenvalue weighted by Gasteiger charge is -2.37. The Balaban J connectivity index is 0.00000162. The van der Waals surface area contributed by atoms with Crippen LogP contribution in [0, 0.1) is 0 Å². The molecule has 1 atom stereocenters. The van der Waals surface area contributed by atoms with E-state index in [-0.39, 0.29) is 12.4 Å². The zero-order valence-corrected chi connectivity index (χ0v) is 11.6. The quantitative estimate of drug-likeness (QED) is 0.496. The van der Waals surface area contributed by atoms with Gasteiger partial charge in [0.1, 0.15) is 19.4 Å². The van der Waals surface area contributed by atoms with Crippen LogP contribution in [0.2, 0.25) is 0 Å². The fraction of sp³-hybridized carbons (Fsp3) is 0.800. The minimum atomic E-state index is -0.467. The summed E-state index contributed by atoms with van der Waals surface area (Å²) >= 11 is 0. The Labute approximate surface area is 113 Å². The van der Waals surface area contributed by atoms with Crippen molar-refractivity contribution < 1.29 is 31.2 Å². The van der Waals surface area contributed by atoms with Crippen LogP contribution in [-0.4, -0.2) is 75.8 Å². The molecule has 2 rings (SSSR count). The van der Waals surface area contributed by atoms with Gasteiger partial charge in [-0.1, -0.05) is 0 Å². The molecule has 1 unspecified atom stereocenters. The van der Waals surface area contributed by atoms with Crippen molar-refractivity contribution in [1.82, 2.24) is 5.06 Å². The molecule has 8 heteroatoms. The van der Waals surface area contributed by atoms with Crippen LogP contribution in [0.4, 0.5) is 0 Å². The monoisotopic (exact) mass is 278 g/mol. The van der Waals surface area contributed by atoms with Gasteiger partial charge in [-0.3, -0.25) is 9.32 Å². The highest BCUT2D eigenvalue weighted by Crippen LogP contribution is 2.15. The van der Waals surface area contributed by atoms with E-state index in [4.69, 9.17) is 14.3 Å². The van der Waals surface area contributed by atoms with E-state index in [1.54, 1.807) is 20.6 Å². The first kappa shape index (κ1) is 15.3. The van der Waals surface area contributed by atoms with Crippen LogP contribution in [0.5, 0.6) is 0 Å². The molecule has 0 radical (unpaired) electrons. The summed E-state index contributed by atoms with van der Waals surface area (Å²) < 4.78 is 11.3. The molecule has 7 nitrogen and oxygen atoms in total. The largest absolute Gasteiger partial charge is 1.00 e. The van der Waals surface area contributed by atoms with Crippen molar-refractivity contribution >= 4 is 12.3 Å². The molecule has 0 amide bonds. The van der Waals surface area contributed by atoms with Crippen LogP contribution < -0.4 is 12.4 Å². The lowest BCUT2D eigenvalue weighted by Crippen LogP contribution is -3.00. The summed E-state index contributed by atoms with van der Waals surface area (Å²) in [6, 6.07) is 0. The Morgan fingerprint density at radius 1 is 1.39 bits per heavy atom. The van der Waals surface area contributed by atoms with E-state index in [9.17, 15) is 0 Å². The van der Waals surface area contributed by atoms with Crippen molar-refractivity contribution in [3.8, 4) is 0 Å². The Hall–Kier alpha value is -0.730. The first-order valence-electron chi connectivity index (χ1n) is 5.60. The number of likely N-dealkylation sites (N-methyl/N-ethyl adjacent to an activating group) is 1. The molecular formula is C10H19ClN4O3. The molecule has 1 saturated heterocycles. The summed E-state index contributed by atoms with van der Waals surface area (Å²) in [7, 11) is 5.26. The van der Waals surface area contributed by atoms with Crippen LogP contribution in [0.3, 0.4) is 0 Å². The zero-order chi connectivity index (χ0) is 12.3. The van der Waals surface area contributed by atoms with Crippen molar-refractivity contribution in [3.05, 3.63) is 0 Å². The molecule has 0 aromatic heterocycles. The normalized spacial score (nSPS) is 26.5. The summed E-state index contributed by atoms with van der Waals surface area (Å²) in [4.78, 5) is 13.9. The molecule has 0 N–H and O–H groups in total. The number of guanidine groups is 1. The predicted octanol–water partition coefficient (Wildman–Crippen LogP) is -3.34. The van der Waals surface area contributed by atoms with Crippen molar-refractivity contribution in [1.29, 1.82) is 0 Å². The number of morpholine rings is 1. The molecule has 0 saturated carbocycles. The Morgan fingerprint density at radius 2 is 2.06 bits per heavy atom. The minimum Gasteiger partial charge on any atom is -1.00 e. The first-order chi connectivity index (χ1) is 8.19. The smallest absolute Gasteiger partial charge is 0.329 e. The summed E-state index contributed by atoms with van der Waals surface area (Å²) in [5.74, 6) is 0.758. The molecule has 0 aliphatic carbocycles. The maximum Gasteiger partial charge on any atom is 0.329 e. The number of hydroxylamine groups is 2. The number of nitrogens with zero attached hydrogens (tertiary/aromatic N) is 4. The average molecular weight is 279 g/mol. The number of aliphatic imine (C=N–C) groups is 2. The van der Waals surface area contributed by atoms with Gasteiger partial charge in [-0.2, -0.15) is 15.0 Å². The zero-order valence-electron chi connectivity index (χ0n) is 10.9. The van der Waals surface area contributed by atoms with Crippen molar-refractivity contribution in [2.45, 2.75) is 6.35 Å². The average Bonchev–Trinajstić information content (AvgIpc) is 2.38. The van der Waals surface area contributed by atoms with Gasteiger partial charge >= 0.3 is 5.96 Å². The Bertz CT molecular complexity index is 331. The molecule has 0 aromatic rings. The third-order valence-corrected chi connectivity index (χ3v) is 3.09. The maximum absolute atomic E-state index is 5.36. The second-order valence-corrected chi connectivity index (χ2v) is 4.23. The third-order valence-electron chi connectivity index (χ3n) is 3.09. The van der Waals surface area contributed by atoms with E-state index in [1.165, 1.54) is 5.06 Å². The standard InChI is InChI=1S/C10H19N4O3.ClH/c1-14(4-6-17-7-5-14)9-11-8-13(16-3)10(12-9)15-2;/h8,10H,4-7H2,1-3H3;1H/q+1;/p-1. The summed E-state index contributed by atoms with van der Waals surface area (Å²) in [5, 5.41) is 1.47. The number of quaternary nitrogens is 1. The lowest BCUT2D eigenvalue weighted by molar-refractivity contribution is -0.831.